The Hall–Kier alpha value is -5.02. The van der Waals surface area contributed by atoms with Crippen molar-refractivity contribution in [3.05, 3.63) is 59.7 Å². The zero-order valence-corrected chi connectivity index (χ0v) is 31.2. The fourth-order valence-corrected chi connectivity index (χ4v) is 6.10. The number of nitrogens with zero attached hydrogens (tertiary/aromatic N) is 1. The molecule has 0 bridgehead atoms. The number of hydrogen-bond donors (Lipinski definition) is 5. The number of ether oxygens (including phenoxy) is 3. The molecule has 15 heteroatoms. The van der Waals surface area contributed by atoms with Gasteiger partial charge in [0.05, 0.1) is 24.4 Å². The number of carbonyl (C=O) groups is 6. The van der Waals surface area contributed by atoms with E-state index in [0.29, 0.717) is 12.8 Å². The fraction of sp³-hybridized carbons (Fsp3) is 0.526. The summed E-state index contributed by atoms with van der Waals surface area (Å²) in [5, 5.41) is 19.0. The molecule has 1 fully saturated rings. The number of nitrogens with one attached hydrogen (secondary N) is 4. The quantitative estimate of drug-likeness (QED) is 0.181. The maximum absolute atomic E-state index is 13.6. The summed E-state index contributed by atoms with van der Waals surface area (Å²) in [5.41, 5.74) is 2.91. The summed E-state index contributed by atoms with van der Waals surface area (Å²) in [6.07, 6.45) is 0.0605. The molecule has 1 heterocycles. The highest BCUT2D eigenvalue weighted by Crippen LogP contribution is 2.44. The van der Waals surface area contributed by atoms with Crippen LogP contribution in [0, 0.1) is 0 Å². The number of hydrogen-bond acceptors (Lipinski definition) is 9. The lowest BCUT2D eigenvalue weighted by Gasteiger charge is -2.30. The Morgan fingerprint density at radius 2 is 1.32 bits per heavy atom. The molecule has 0 aromatic heterocycles. The van der Waals surface area contributed by atoms with Crippen LogP contribution in [0.4, 0.5) is 4.79 Å². The third kappa shape index (κ3) is 11.7. The van der Waals surface area contributed by atoms with Gasteiger partial charge in [-0.15, -0.1) is 0 Å². The highest BCUT2D eigenvalue weighted by atomic mass is 16.5. The maximum Gasteiger partial charge on any atom is 0.407 e. The van der Waals surface area contributed by atoms with E-state index >= 15 is 0 Å². The standard InChI is InChI=1S/C38H51N5O10/c1-37(2,3)52-21-28(33(47)39-19-32(45)46)41-34(48)29(22-53-38(4,5)6)42-35(49)30-16-11-17-43(30)31(44)18-40-36(50)51-20-27-25-14-9-7-12-23(25)24-13-8-10-15-26(24)27/h7-10,12-15,27-30H,11,16-22H2,1-6H3,(H,39,47)(H,40,50)(H,41,48)(H,42,49)(H,45,46)/t28-,29-,30-/m0/s1. The fourth-order valence-electron chi connectivity index (χ4n) is 6.10. The Balaban J connectivity index is 1.36. The molecule has 1 saturated heterocycles. The van der Waals surface area contributed by atoms with E-state index in [9.17, 15) is 28.8 Å². The predicted molar refractivity (Wildman–Crippen MR) is 194 cm³/mol. The van der Waals surface area contributed by atoms with Crippen LogP contribution in [-0.2, 0) is 38.2 Å². The zero-order chi connectivity index (χ0) is 38.9. The second-order valence-electron chi connectivity index (χ2n) is 15.0. The van der Waals surface area contributed by atoms with E-state index in [1.165, 1.54) is 4.90 Å². The molecule has 2 aromatic rings. The van der Waals surface area contributed by atoms with Gasteiger partial charge in [-0.3, -0.25) is 24.0 Å². The molecule has 0 saturated carbocycles. The molecule has 0 radical (unpaired) electrons. The van der Waals surface area contributed by atoms with E-state index in [-0.39, 0.29) is 32.3 Å². The second-order valence-corrected chi connectivity index (χ2v) is 15.0. The minimum Gasteiger partial charge on any atom is -0.480 e. The predicted octanol–water partition coefficient (Wildman–Crippen LogP) is 2.32. The van der Waals surface area contributed by atoms with Gasteiger partial charge in [-0.05, 0) is 76.6 Å². The average Bonchev–Trinajstić information content (AvgIpc) is 3.71. The van der Waals surface area contributed by atoms with Crippen LogP contribution >= 0.6 is 0 Å². The molecule has 1 aliphatic heterocycles. The Morgan fingerprint density at radius 1 is 0.774 bits per heavy atom. The number of carboxylic acids is 1. The van der Waals surface area contributed by atoms with Gasteiger partial charge in [0.15, 0.2) is 0 Å². The second kappa shape index (κ2) is 17.7. The highest BCUT2D eigenvalue weighted by molar-refractivity contribution is 5.95. The summed E-state index contributed by atoms with van der Waals surface area (Å²) in [4.78, 5) is 78.4. The summed E-state index contributed by atoms with van der Waals surface area (Å²) in [5.74, 6) is -4.10. The lowest BCUT2D eigenvalue weighted by atomic mass is 9.98. The summed E-state index contributed by atoms with van der Waals surface area (Å²) < 4.78 is 17.1. The molecule has 0 spiro atoms. The van der Waals surface area contributed by atoms with Crippen LogP contribution in [0.3, 0.4) is 0 Å². The molecule has 288 valence electrons. The number of fused-ring (bicyclic) bond motifs is 3. The molecule has 2 aliphatic rings. The van der Waals surface area contributed by atoms with Crippen LogP contribution in [0.1, 0.15) is 71.4 Å². The van der Waals surface area contributed by atoms with Gasteiger partial charge >= 0.3 is 12.1 Å². The van der Waals surface area contributed by atoms with E-state index in [4.69, 9.17) is 19.3 Å². The van der Waals surface area contributed by atoms with E-state index < -0.39 is 78.1 Å². The number of rotatable bonds is 15. The summed E-state index contributed by atoms with van der Waals surface area (Å²) in [6.45, 7) is 9.28. The van der Waals surface area contributed by atoms with Crippen molar-refractivity contribution in [3.8, 4) is 11.1 Å². The van der Waals surface area contributed by atoms with Crippen molar-refractivity contribution in [2.75, 3.05) is 39.5 Å². The third-order valence-electron chi connectivity index (χ3n) is 8.65. The molecule has 1 aliphatic carbocycles. The SMILES string of the molecule is CC(C)(C)OC[C@H](NC(=O)[C@H](COC(C)(C)C)NC(=O)[C@@H]1CCCN1C(=O)CNC(=O)OCC1c2ccccc2-c2ccccc21)C(=O)NCC(=O)O. The monoisotopic (exact) mass is 737 g/mol. The topological polar surface area (TPSA) is 202 Å². The smallest absolute Gasteiger partial charge is 0.407 e. The van der Waals surface area contributed by atoms with Crippen molar-refractivity contribution >= 4 is 35.7 Å². The maximum atomic E-state index is 13.6. The first kappa shape index (κ1) is 40.7. The molecule has 0 unspecified atom stereocenters. The van der Waals surface area contributed by atoms with Gasteiger partial charge in [-0.1, -0.05) is 48.5 Å². The number of aliphatic carboxylic acids is 1. The molecule has 4 rings (SSSR count). The van der Waals surface area contributed by atoms with Crippen molar-refractivity contribution in [1.29, 1.82) is 0 Å². The van der Waals surface area contributed by atoms with Crippen LogP contribution in [0.5, 0.6) is 0 Å². The zero-order valence-electron chi connectivity index (χ0n) is 31.2. The van der Waals surface area contributed by atoms with Gasteiger partial charge in [0.25, 0.3) is 0 Å². The summed E-state index contributed by atoms with van der Waals surface area (Å²) in [7, 11) is 0. The molecule has 5 amide bonds. The molecule has 15 nitrogen and oxygen atoms in total. The largest absolute Gasteiger partial charge is 0.480 e. The summed E-state index contributed by atoms with van der Waals surface area (Å²) >= 11 is 0. The van der Waals surface area contributed by atoms with E-state index in [0.717, 1.165) is 22.3 Å². The van der Waals surface area contributed by atoms with Gasteiger partial charge in [0.1, 0.15) is 37.8 Å². The molecular formula is C38H51N5O10. The van der Waals surface area contributed by atoms with E-state index in [1.54, 1.807) is 41.5 Å². The number of alkyl carbamates (subject to hydrolysis) is 1. The molecule has 3 atom stereocenters. The van der Waals surface area contributed by atoms with E-state index in [2.05, 4.69) is 21.3 Å². The van der Waals surface area contributed by atoms with Gasteiger partial charge in [0.2, 0.25) is 23.6 Å². The van der Waals surface area contributed by atoms with Crippen LogP contribution in [0.25, 0.3) is 11.1 Å². The first-order valence-electron chi connectivity index (χ1n) is 17.7. The summed E-state index contributed by atoms with van der Waals surface area (Å²) in [6, 6.07) is 12.4. The van der Waals surface area contributed by atoms with Gasteiger partial charge < -0.3 is 45.5 Å². The normalized spacial score (nSPS) is 16.5. The van der Waals surface area contributed by atoms with Crippen molar-refractivity contribution in [3.63, 3.8) is 0 Å². The minimum atomic E-state index is -1.29. The number of likely N-dealkylation sites (tertiary alicyclic amines) is 1. The molecule has 5 N–H and O–H groups in total. The highest BCUT2D eigenvalue weighted by Gasteiger charge is 2.37. The Kier molecular flexibility index (Phi) is 13.6. The van der Waals surface area contributed by atoms with Crippen molar-refractivity contribution in [1.82, 2.24) is 26.2 Å². The van der Waals surface area contributed by atoms with Gasteiger partial charge in [-0.2, -0.15) is 0 Å². The van der Waals surface area contributed by atoms with Crippen molar-refractivity contribution in [2.45, 2.75) is 89.6 Å². The molecular weight excluding hydrogens is 686 g/mol. The third-order valence-corrected chi connectivity index (χ3v) is 8.65. The van der Waals surface area contributed by atoms with Crippen LogP contribution in [0.15, 0.2) is 48.5 Å². The van der Waals surface area contributed by atoms with Crippen LogP contribution < -0.4 is 21.3 Å². The Morgan fingerprint density at radius 3 is 1.87 bits per heavy atom. The minimum absolute atomic E-state index is 0.0767. The van der Waals surface area contributed by atoms with Crippen molar-refractivity contribution in [2.24, 2.45) is 0 Å². The van der Waals surface area contributed by atoms with Crippen LogP contribution in [0.2, 0.25) is 0 Å². The first-order valence-corrected chi connectivity index (χ1v) is 17.7. The number of amides is 5. The first-order chi connectivity index (χ1) is 24.9. The van der Waals surface area contributed by atoms with Gasteiger partial charge in [-0.25, -0.2) is 4.79 Å². The van der Waals surface area contributed by atoms with Crippen LogP contribution in [-0.4, -0.2) is 114 Å². The number of benzene rings is 2. The van der Waals surface area contributed by atoms with E-state index in [1.807, 2.05) is 48.5 Å². The van der Waals surface area contributed by atoms with Crippen molar-refractivity contribution < 1.29 is 48.1 Å². The molecule has 2 aromatic carbocycles. The van der Waals surface area contributed by atoms with Gasteiger partial charge in [0, 0.05) is 12.5 Å². The number of carbonyl (C=O) groups excluding carboxylic acids is 5. The number of carboxylic acid groups (broad SMARTS) is 1. The average molecular weight is 738 g/mol. The lowest BCUT2D eigenvalue weighted by Crippen LogP contribution is -2.59. The lowest BCUT2D eigenvalue weighted by molar-refractivity contribution is -0.141. The Labute approximate surface area is 309 Å². The molecule has 53 heavy (non-hydrogen) atoms. The Bertz CT molecular complexity index is 1620.